The van der Waals surface area contributed by atoms with Crippen molar-refractivity contribution in [1.82, 2.24) is 15.1 Å². The van der Waals surface area contributed by atoms with Crippen molar-refractivity contribution in [3.8, 4) is 0 Å². The molecule has 1 aliphatic heterocycles. The number of unbranched alkanes of at least 4 members (excludes halogenated alkanes) is 2. The first-order valence-electron chi connectivity index (χ1n) is 10.1. The fourth-order valence-electron chi connectivity index (χ4n) is 3.71. The van der Waals surface area contributed by atoms with Crippen molar-refractivity contribution in [3.05, 3.63) is 65.6 Å². The quantitative estimate of drug-likeness (QED) is 0.396. The van der Waals surface area contributed by atoms with Crippen molar-refractivity contribution < 1.29 is 4.79 Å². The van der Waals surface area contributed by atoms with Crippen molar-refractivity contribution in [2.24, 2.45) is 0 Å². The fraction of sp³-hybridized carbons (Fsp3) is 0.455. The smallest absolute Gasteiger partial charge is 0.163 e. The van der Waals surface area contributed by atoms with Gasteiger partial charge in [0.05, 0.1) is 0 Å². The monoisotopic (exact) mass is 362 g/mol. The lowest BCUT2D eigenvalue weighted by Crippen LogP contribution is -2.40. The third-order valence-electron chi connectivity index (χ3n) is 5.22. The molecule has 2 heterocycles. The molecular formula is C22H29BN3O. The molecule has 1 aromatic heterocycles. The molecule has 2 aromatic rings. The number of fused-ring (bicyclic) bond motifs is 1. The van der Waals surface area contributed by atoms with Crippen LogP contribution in [0.2, 0.25) is 0 Å². The number of ketones is 1. The molecule has 1 atom stereocenters. The van der Waals surface area contributed by atoms with Crippen molar-refractivity contribution in [2.45, 2.75) is 64.3 Å². The number of carbonyl (C=O) groups is 1. The van der Waals surface area contributed by atoms with E-state index in [9.17, 15) is 4.79 Å². The van der Waals surface area contributed by atoms with Crippen LogP contribution in [0.5, 0.6) is 0 Å². The van der Waals surface area contributed by atoms with Crippen molar-refractivity contribution in [1.29, 1.82) is 0 Å². The van der Waals surface area contributed by atoms with Gasteiger partial charge in [-0.3, -0.25) is 9.48 Å². The molecule has 5 heteroatoms. The summed E-state index contributed by atoms with van der Waals surface area (Å²) in [7, 11) is 2.28. The molecule has 0 saturated carbocycles. The second kappa shape index (κ2) is 9.59. The molecule has 3 rings (SSSR count). The van der Waals surface area contributed by atoms with Crippen LogP contribution >= 0.6 is 0 Å². The number of aryl methyl sites for hydroxylation is 1. The minimum absolute atomic E-state index is 0.271. The minimum Gasteiger partial charge on any atom is -0.394 e. The zero-order valence-electron chi connectivity index (χ0n) is 16.3. The number of hydrogen-bond acceptors (Lipinski definition) is 3. The summed E-state index contributed by atoms with van der Waals surface area (Å²) in [6.07, 6.45) is 10.3. The summed E-state index contributed by atoms with van der Waals surface area (Å²) in [5.41, 5.74) is 4.47. The molecule has 27 heavy (non-hydrogen) atoms. The Bertz CT molecular complexity index is 770. The molecule has 0 amide bonds. The number of Topliss-reactive ketones (excluding diaryl/α,β-unsaturated/α-hetero) is 1. The van der Waals surface area contributed by atoms with Gasteiger partial charge in [0.1, 0.15) is 7.28 Å². The lowest BCUT2D eigenvalue weighted by molar-refractivity contribution is 0.0978. The predicted molar refractivity (Wildman–Crippen MR) is 111 cm³/mol. The van der Waals surface area contributed by atoms with Gasteiger partial charge in [0, 0.05) is 43.0 Å². The second-order valence-electron chi connectivity index (χ2n) is 7.34. The maximum Gasteiger partial charge on any atom is 0.163 e. The first kappa shape index (κ1) is 19.5. The van der Waals surface area contributed by atoms with E-state index in [2.05, 4.69) is 37.3 Å². The Balaban J connectivity index is 1.55. The number of aromatic nitrogens is 2. The number of allylic oxidation sites excluding steroid dienone is 1. The van der Waals surface area contributed by atoms with Gasteiger partial charge in [-0.1, -0.05) is 50.9 Å². The van der Waals surface area contributed by atoms with E-state index in [0.717, 1.165) is 56.2 Å². The maximum absolute atomic E-state index is 12.6. The first-order valence-corrected chi connectivity index (χ1v) is 10.1. The van der Waals surface area contributed by atoms with Gasteiger partial charge in [0.25, 0.3) is 0 Å². The molecule has 4 nitrogen and oxygen atoms in total. The molecule has 0 aliphatic carbocycles. The van der Waals surface area contributed by atoms with E-state index in [4.69, 9.17) is 0 Å². The summed E-state index contributed by atoms with van der Waals surface area (Å²) < 4.78 is 1.92. The Hall–Kier alpha value is -2.30. The van der Waals surface area contributed by atoms with Crippen LogP contribution in [0, 0.1) is 0 Å². The van der Waals surface area contributed by atoms with E-state index in [0.29, 0.717) is 12.2 Å². The number of benzene rings is 1. The molecule has 1 aliphatic rings. The summed E-state index contributed by atoms with van der Waals surface area (Å²) >= 11 is 0. The highest BCUT2D eigenvalue weighted by Crippen LogP contribution is 2.23. The predicted octanol–water partition coefficient (Wildman–Crippen LogP) is 3.93. The highest BCUT2D eigenvalue weighted by atomic mass is 16.1. The largest absolute Gasteiger partial charge is 0.394 e. The van der Waals surface area contributed by atoms with E-state index in [1.54, 1.807) is 6.20 Å². The van der Waals surface area contributed by atoms with Crippen LogP contribution in [0.4, 0.5) is 0 Å². The Labute approximate surface area is 163 Å². The summed E-state index contributed by atoms with van der Waals surface area (Å²) in [5.74, 6) is 0.566. The number of hydrogen-bond donors (Lipinski definition) is 1. The lowest BCUT2D eigenvalue weighted by atomic mass is 9.57. The molecule has 1 aromatic carbocycles. The van der Waals surface area contributed by atoms with E-state index < -0.39 is 0 Å². The molecule has 0 bridgehead atoms. The third kappa shape index (κ3) is 5.35. The molecule has 0 spiro atoms. The Kier molecular flexibility index (Phi) is 6.91. The SMILES string of the molecule is C=C(CCn1cccn1)NC1[B]Cc2c(cccc2C(=O)CCCCC)C1. The van der Waals surface area contributed by atoms with Gasteiger partial charge in [0.2, 0.25) is 0 Å². The van der Waals surface area contributed by atoms with Gasteiger partial charge in [-0.15, -0.1) is 0 Å². The van der Waals surface area contributed by atoms with E-state index in [1.807, 2.05) is 29.1 Å². The molecule has 1 unspecified atom stereocenters. The van der Waals surface area contributed by atoms with Crippen LogP contribution in [0.15, 0.2) is 48.9 Å². The van der Waals surface area contributed by atoms with Gasteiger partial charge in [0.15, 0.2) is 5.78 Å². The van der Waals surface area contributed by atoms with Crippen LogP contribution < -0.4 is 5.32 Å². The van der Waals surface area contributed by atoms with Crippen LogP contribution in [-0.2, 0) is 19.3 Å². The molecular weight excluding hydrogens is 333 g/mol. The first-order chi connectivity index (χ1) is 13.2. The summed E-state index contributed by atoms with van der Waals surface area (Å²) in [6.45, 7) is 7.16. The summed E-state index contributed by atoms with van der Waals surface area (Å²) in [6, 6.07) is 8.12. The standard InChI is InChI=1S/C22H29BN3O/c1-3-4-5-10-21(27)19-9-6-8-18-15-22(23-16-20(18)19)25-17(2)11-14-26-13-7-12-24-26/h6-9,12-13,22,25H,2-5,10-11,14-16H2,1H3. The van der Waals surface area contributed by atoms with E-state index in [1.165, 1.54) is 11.1 Å². The van der Waals surface area contributed by atoms with E-state index in [-0.39, 0.29) is 5.94 Å². The fourth-order valence-corrected chi connectivity index (χ4v) is 3.71. The molecule has 0 saturated heterocycles. The van der Waals surface area contributed by atoms with E-state index >= 15 is 0 Å². The Morgan fingerprint density at radius 1 is 1.33 bits per heavy atom. The van der Waals surface area contributed by atoms with Gasteiger partial charge in [-0.2, -0.15) is 5.10 Å². The number of rotatable bonds is 10. The van der Waals surface area contributed by atoms with Crippen LogP contribution in [0.3, 0.4) is 0 Å². The number of nitrogens with one attached hydrogen (secondary N) is 1. The maximum atomic E-state index is 12.6. The normalized spacial score (nSPS) is 15.7. The topological polar surface area (TPSA) is 46.9 Å². The molecule has 1 N–H and O–H groups in total. The van der Waals surface area contributed by atoms with Crippen molar-refractivity contribution >= 4 is 13.1 Å². The summed E-state index contributed by atoms with van der Waals surface area (Å²) in [5, 5.41) is 7.76. The van der Waals surface area contributed by atoms with Gasteiger partial charge in [-0.05, 0) is 36.0 Å². The molecule has 141 valence electrons. The number of carbonyl (C=O) groups excluding carboxylic acids is 1. The lowest BCUT2D eigenvalue weighted by Gasteiger charge is -2.28. The summed E-state index contributed by atoms with van der Waals surface area (Å²) in [4.78, 5) is 12.6. The zero-order chi connectivity index (χ0) is 19.1. The van der Waals surface area contributed by atoms with Gasteiger partial charge in [-0.25, -0.2) is 0 Å². The van der Waals surface area contributed by atoms with Crippen molar-refractivity contribution in [2.75, 3.05) is 0 Å². The Morgan fingerprint density at radius 2 is 2.22 bits per heavy atom. The minimum atomic E-state index is 0.271. The van der Waals surface area contributed by atoms with Gasteiger partial charge >= 0.3 is 0 Å². The molecule has 1 radical (unpaired) electrons. The third-order valence-corrected chi connectivity index (χ3v) is 5.22. The van der Waals surface area contributed by atoms with Crippen LogP contribution in [0.25, 0.3) is 0 Å². The number of nitrogens with zero attached hydrogens (tertiary/aromatic N) is 2. The zero-order valence-corrected chi connectivity index (χ0v) is 16.3. The van der Waals surface area contributed by atoms with Crippen molar-refractivity contribution in [3.63, 3.8) is 0 Å². The molecule has 0 fully saturated rings. The Morgan fingerprint density at radius 3 is 3.00 bits per heavy atom. The highest BCUT2D eigenvalue weighted by molar-refractivity contribution is 6.38. The van der Waals surface area contributed by atoms with Crippen LogP contribution in [-0.4, -0.2) is 28.8 Å². The van der Waals surface area contributed by atoms with Crippen LogP contribution in [0.1, 0.15) is 60.5 Å². The average molecular weight is 362 g/mol. The second-order valence-corrected chi connectivity index (χ2v) is 7.34. The average Bonchev–Trinajstić information content (AvgIpc) is 3.19. The van der Waals surface area contributed by atoms with Gasteiger partial charge < -0.3 is 5.32 Å². The highest BCUT2D eigenvalue weighted by Gasteiger charge is 2.23.